The van der Waals surface area contributed by atoms with Gasteiger partial charge in [-0.15, -0.1) is 11.3 Å². The summed E-state index contributed by atoms with van der Waals surface area (Å²) in [6.07, 6.45) is 13.0. The topological polar surface area (TPSA) is 77.8 Å². The molecule has 1 aromatic heterocycles. The third kappa shape index (κ3) is 7.82. The third-order valence-corrected chi connectivity index (χ3v) is 7.55. The smallest absolute Gasteiger partial charge is 0.303 e. The molecule has 4 atom stereocenters. The Morgan fingerprint density at radius 2 is 2.18 bits per heavy atom. The lowest BCUT2D eigenvalue weighted by molar-refractivity contribution is -0.137. The van der Waals surface area contributed by atoms with Gasteiger partial charge in [0.25, 0.3) is 0 Å². The Bertz CT molecular complexity index is 663. The van der Waals surface area contributed by atoms with Gasteiger partial charge in [-0.05, 0) is 85.7 Å². The fourth-order valence-electron chi connectivity index (χ4n) is 3.69. The summed E-state index contributed by atoms with van der Waals surface area (Å²) in [5, 5.41) is 29.2. The van der Waals surface area contributed by atoms with E-state index in [9.17, 15) is 15.0 Å². The maximum Gasteiger partial charge on any atom is 0.303 e. The van der Waals surface area contributed by atoms with Gasteiger partial charge < -0.3 is 15.3 Å². The Balaban J connectivity index is 1.76. The Labute approximate surface area is 180 Å². The molecule has 2 rings (SSSR count). The summed E-state index contributed by atoms with van der Waals surface area (Å²) < 4.78 is 1.14. The highest BCUT2D eigenvalue weighted by molar-refractivity contribution is 9.10. The van der Waals surface area contributed by atoms with E-state index < -0.39 is 12.1 Å². The van der Waals surface area contributed by atoms with Crippen molar-refractivity contribution in [2.75, 3.05) is 0 Å². The summed E-state index contributed by atoms with van der Waals surface area (Å²) in [6, 6.07) is 2.13. The zero-order valence-electron chi connectivity index (χ0n) is 16.4. The number of unbranched alkanes of at least 4 members (excludes halogenated alkanes) is 1. The molecule has 1 aliphatic rings. The lowest BCUT2D eigenvalue weighted by atomic mass is 9.90. The zero-order chi connectivity index (χ0) is 20.5. The summed E-state index contributed by atoms with van der Waals surface area (Å²) in [7, 11) is 0. The van der Waals surface area contributed by atoms with Crippen molar-refractivity contribution in [3.63, 3.8) is 0 Å². The van der Waals surface area contributed by atoms with Gasteiger partial charge in [-0.1, -0.05) is 24.3 Å². The van der Waals surface area contributed by atoms with Crippen molar-refractivity contribution in [1.29, 1.82) is 0 Å². The molecule has 1 saturated carbocycles. The minimum Gasteiger partial charge on any atom is -0.481 e. The lowest BCUT2D eigenvalue weighted by Gasteiger charge is -2.18. The molecule has 156 valence electrons. The second kappa shape index (κ2) is 11.9. The molecule has 1 aromatic rings. The molecule has 1 unspecified atom stereocenters. The van der Waals surface area contributed by atoms with E-state index in [0.29, 0.717) is 12.8 Å². The fourth-order valence-corrected chi connectivity index (χ4v) is 5.31. The van der Waals surface area contributed by atoms with E-state index in [2.05, 4.69) is 41.1 Å². The molecule has 0 spiro atoms. The molecular formula is C22H31BrO4S. The molecule has 1 aliphatic carbocycles. The van der Waals surface area contributed by atoms with E-state index in [1.807, 2.05) is 12.2 Å². The number of hydrogen-bond acceptors (Lipinski definition) is 4. The van der Waals surface area contributed by atoms with Crippen LogP contribution in [0.3, 0.4) is 0 Å². The van der Waals surface area contributed by atoms with Crippen LogP contribution in [0.4, 0.5) is 0 Å². The second-order valence-electron chi connectivity index (χ2n) is 7.57. The molecule has 4 nitrogen and oxygen atoms in total. The number of carboxylic acid groups (broad SMARTS) is 1. The number of rotatable bonds is 11. The monoisotopic (exact) mass is 470 g/mol. The molecule has 6 heteroatoms. The van der Waals surface area contributed by atoms with Crippen molar-refractivity contribution < 1.29 is 20.1 Å². The van der Waals surface area contributed by atoms with Crippen molar-refractivity contribution in [3.05, 3.63) is 44.6 Å². The average molecular weight is 471 g/mol. The van der Waals surface area contributed by atoms with E-state index in [4.69, 9.17) is 5.11 Å². The number of aryl methyl sites for hydroxylation is 2. The van der Waals surface area contributed by atoms with Crippen LogP contribution in [0.15, 0.2) is 34.8 Å². The van der Waals surface area contributed by atoms with Gasteiger partial charge in [-0.2, -0.15) is 0 Å². The van der Waals surface area contributed by atoms with Crippen LogP contribution in [0.25, 0.3) is 0 Å². The summed E-state index contributed by atoms with van der Waals surface area (Å²) in [5.41, 5.74) is 0. The molecule has 0 amide bonds. The van der Waals surface area contributed by atoms with Crippen molar-refractivity contribution >= 4 is 33.2 Å². The number of aliphatic hydroxyl groups is 2. The molecule has 0 saturated heterocycles. The Kier molecular flexibility index (Phi) is 9.92. The van der Waals surface area contributed by atoms with Crippen LogP contribution in [-0.2, 0) is 11.2 Å². The number of aliphatic hydroxyl groups excluding tert-OH is 2. The van der Waals surface area contributed by atoms with Gasteiger partial charge in [0, 0.05) is 20.6 Å². The number of aliphatic carboxylic acids is 1. The first-order chi connectivity index (χ1) is 13.4. The molecule has 0 radical (unpaired) electrons. The van der Waals surface area contributed by atoms with Gasteiger partial charge in [-0.25, -0.2) is 0 Å². The van der Waals surface area contributed by atoms with Crippen molar-refractivity contribution in [1.82, 2.24) is 0 Å². The van der Waals surface area contributed by atoms with E-state index >= 15 is 0 Å². The number of hydrogen-bond donors (Lipinski definition) is 3. The highest BCUT2D eigenvalue weighted by atomic mass is 79.9. The normalized spacial score (nSPS) is 23.8. The summed E-state index contributed by atoms with van der Waals surface area (Å²) in [5.74, 6) is -0.299. The first-order valence-electron chi connectivity index (χ1n) is 10.0. The van der Waals surface area contributed by atoms with E-state index in [0.717, 1.165) is 36.6 Å². The van der Waals surface area contributed by atoms with Crippen molar-refractivity contribution in [3.8, 4) is 0 Å². The largest absolute Gasteiger partial charge is 0.481 e. The highest BCUT2D eigenvalue weighted by Gasteiger charge is 2.32. The van der Waals surface area contributed by atoms with Crippen LogP contribution in [0, 0.1) is 18.8 Å². The lowest BCUT2D eigenvalue weighted by Crippen LogP contribution is -2.17. The quantitative estimate of drug-likeness (QED) is 0.304. The number of carbonyl (C=O) groups is 1. The predicted molar refractivity (Wildman–Crippen MR) is 118 cm³/mol. The molecule has 0 aliphatic heterocycles. The van der Waals surface area contributed by atoms with Crippen LogP contribution >= 0.6 is 27.3 Å². The van der Waals surface area contributed by atoms with Gasteiger partial charge in [0.2, 0.25) is 0 Å². The molecule has 1 fully saturated rings. The van der Waals surface area contributed by atoms with Crippen molar-refractivity contribution in [2.24, 2.45) is 11.8 Å². The second-order valence-corrected chi connectivity index (χ2v) is 9.77. The number of thiophene rings is 1. The number of halogens is 1. The number of allylic oxidation sites excluding steroid dienone is 3. The van der Waals surface area contributed by atoms with E-state index in [1.165, 1.54) is 9.75 Å². The van der Waals surface area contributed by atoms with E-state index in [-0.39, 0.29) is 24.4 Å². The van der Waals surface area contributed by atoms with Crippen LogP contribution in [0.2, 0.25) is 0 Å². The third-order valence-electron chi connectivity index (χ3n) is 5.35. The first kappa shape index (κ1) is 23.3. The zero-order valence-corrected chi connectivity index (χ0v) is 18.8. The Morgan fingerprint density at radius 1 is 1.39 bits per heavy atom. The molecule has 1 heterocycles. The fraction of sp³-hybridized carbons (Fsp3) is 0.591. The van der Waals surface area contributed by atoms with Gasteiger partial charge >= 0.3 is 5.97 Å². The molecule has 28 heavy (non-hydrogen) atoms. The Hall–Kier alpha value is -0.950. The van der Waals surface area contributed by atoms with Crippen LogP contribution < -0.4 is 0 Å². The van der Waals surface area contributed by atoms with Crippen LogP contribution in [-0.4, -0.2) is 33.5 Å². The summed E-state index contributed by atoms with van der Waals surface area (Å²) in [4.78, 5) is 13.1. The van der Waals surface area contributed by atoms with Gasteiger partial charge in [0.05, 0.1) is 12.2 Å². The molecule has 3 N–H and O–H groups in total. The van der Waals surface area contributed by atoms with Crippen LogP contribution in [0.5, 0.6) is 0 Å². The SMILES string of the molecule is Cc1sc(CC[C@H](O)C=C[C@H]2CCC(O)[C@@H]2CC=CCCCC(=O)O)cc1Br. The van der Waals surface area contributed by atoms with E-state index in [1.54, 1.807) is 11.3 Å². The van der Waals surface area contributed by atoms with Gasteiger partial charge in [-0.3, -0.25) is 4.79 Å². The molecular weight excluding hydrogens is 440 g/mol. The average Bonchev–Trinajstić information content (AvgIpc) is 3.16. The van der Waals surface area contributed by atoms with Crippen LogP contribution in [0.1, 0.15) is 54.7 Å². The minimum atomic E-state index is -0.759. The standard InChI is InChI=1S/C22H31BrO4S/c1-15-20(23)14-18(28-15)12-11-17(24)10-8-16-9-13-21(25)19(16)6-4-2-3-5-7-22(26)27/h2,4,8,10,14,16-17,19,21,24-25H,3,5-7,9,11-13H2,1H3,(H,26,27)/t16-,17+,19+,21?/m0/s1. The minimum absolute atomic E-state index is 0.176. The van der Waals surface area contributed by atoms with Gasteiger partial charge in [0.1, 0.15) is 0 Å². The maximum absolute atomic E-state index is 10.5. The van der Waals surface area contributed by atoms with Crippen molar-refractivity contribution in [2.45, 2.75) is 70.5 Å². The summed E-state index contributed by atoms with van der Waals surface area (Å²) in [6.45, 7) is 2.08. The van der Waals surface area contributed by atoms with Gasteiger partial charge in [0.15, 0.2) is 0 Å². The molecule has 0 bridgehead atoms. The first-order valence-corrected chi connectivity index (χ1v) is 11.6. The Morgan fingerprint density at radius 3 is 2.86 bits per heavy atom. The summed E-state index contributed by atoms with van der Waals surface area (Å²) >= 11 is 5.29. The highest BCUT2D eigenvalue weighted by Crippen LogP contribution is 2.36. The number of carboxylic acids is 1. The molecule has 0 aromatic carbocycles. The maximum atomic E-state index is 10.5. The predicted octanol–water partition coefficient (Wildman–Crippen LogP) is 5.26.